The van der Waals surface area contributed by atoms with E-state index in [1.54, 1.807) is 0 Å². The van der Waals surface area contributed by atoms with Crippen LogP contribution in [-0.2, 0) is 12.8 Å². The summed E-state index contributed by atoms with van der Waals surface area (Å²) in [7, 11) is 0. The fourth-order valence-electron chi connectivity index (χ4n) is 1.94. The highest BCUT2D eigenvalue weighted by Gasteiger charge is 2.12. The second-order valence-electron chi connectivity index (χ2n) is 4.93. The van der Waals surface area contributed by atoms with Crippen LogP contribution in [0.3, 0.4) is 0 Å². The molecular formula is C15H27N3S. The van der Waals surface area contributed by atoms with Crippen LogP contribution >= 0.6 is 11.8 Å². The Hall–Kier alpha value is -0.640. The van der Waals surface area contributed by atoms with Gasteiger partial charge in [0.25, 0.3) is 0 Å². The number of hydrogen-bond acceptors (Lipinski definition) is 4. The lowest BCUT2D eigenvalue weighted by Gasteiger charge is -2.11. The zero-order chi connectivity index (χ0) is 13.9. The number of aromatic nitrogens is 3. The van der Waals surface area contributed by atoms with Crippen LogP contribution in [0.5, 0.6) is 0 Å². The minimum Gasteiger partial charge on any atom is -0.135 e. The maximum Gasteiger partial charge on any atom is 0.126 e. The van der Waals surface area contributed by atoms with Crippen LogP contribution in [-0.4, -0.2) is 21.2 Å². The average Bonchev–Trinajstić information content (AvgIpc) is 2.44. The molecule has 0 atom stereocenters. The molecule has 0 aliphatic heterocycles. The fraction of sp³-hybridized carbons (Fsp3) is 0.800. The normalized spacial score (nSPS) is 10.9. The molecule has 0 aliphatic carbocycles. The second-order valence-corrected chi connectivity index (χ2v) is 6.01. The molecule has 0 radical (unpaired) electrons. The smallest absolute Gasteiger partial charge is 0.126 e. The van der Waals surface area contributed by atoms with Gasteiger partial charge >= 0.3 is 0 Å². The van der Waals surface area contributed by atoms with Crippen molar-refractivity contribution in [3.63, 3.8) is 0 Å². The lowest BCUT2D eigenvalue weighted by molar-refractivity contribution is 0.666. The van der Waals surface area contributed by atoms with E-state index < -0.39 is 0 Å². The van der Waals surface area contributed by atoms with Crippen molar-refractivity contribution in [3.05, 3.63) is 11.3 Å². The average molecular weight is 281 g/mol. The van der Waals surface area contributed by atoms with Crippen LogP contribution in [0.2, 0.25) is 0 Å². The van der Waals surface area contributed by atoms with E-state index in [4.69, 9.17) is 0 Å². The lowest BCUT2D eigenvalue weighted by Crippen LogP contribution is -2.06. The Morgan fingerprint density at radius 2 is 1.53 bits per heavy atom. The van der Waals surface area contributed by atoms with Crippen LogP contribution < -0.4 is 0 Å². The van der Waals surface area contributed by atoms with Gasteiger partial charge in [-0.15, -0.1) is 22.0 Å². The van der Waals surface area contributed by atoms with Crippen LogP contribution in [0.15, 0.2) is 5.03 Å². The highest BCUT2D eigenvalue weighted by Crippen LogP contribution is 2.25. The predicted molar refractivity (Wildman–Crippen MR) is 82.7 cm³/mol. The number of hydrogen-bond donors (Lipinski definition) is 0. The van der Waals surface area contributed by atoms with E-state index >= 15 is 0 Å². The van der Waals surface area contributed by atoms with Crippen LogP contribution in [0, 0.1) is 0 Å². The standard InChI is InChI=1S/C15H27N3S/c1-4-7-10-13-14(11-8-5-2)16-18-17-15(13)19-12-9-6-3/h4-12H2,1-3H3. The summed E-state index contributed by atoms with van der Waals surface area (Å²) in [5.74, 6) is 1.14. The zero-order valence-electron chi connectivity index (χ0n) is 12.6. The highest BCUT2D eigenvalue weighted by molar-refractivity contribution is 7.99. The summed E-state index contributed by atoms with van der Waals surface area (Å²) in [6.45, 7) is 6.68. The molecule has 0 bridgehead atoms. The van der Waals surface area contributed by atoms with Gasteiger partial charge in [0.15, 0.2) is 0 Å². The van der Waals surface area contributed by atoms with Gasteiger partial charge in [0, 0.05) is 5.56 Å². The molecule has 108 valence electrons. The topological polar surface area (TPSA) is 38.7 Å². The van der Waals surface area contributed by atoms with Gasteiger partial charge in [0.1, 0.15) is 5.03 Å². The van der Waals surface area contributed by atoms with Gasteiger partial charge in [0.2, 0.25) is 0 Å². The van der Waals surface area contributed by atoms with Gasteiger partial charge in [-0.25, -0.2) is 0 Å². The fourth-order valence-corrected chi connectivity index (χ4v) is 3.05. The molecule has 0 spiro atoms. The number of nitrogens with zero attached hydrogens (tertiary/aromatic N) is 3. The molecular weight excluding hydrogens is 254 g/mol. The Labute approximate surface area is 122 Å². The number of thioether (sulfide) groups is 1. The van der Waals surface area contributed by atoms with Gasteiger partial charge in [-0.2, -0.15) is 0 Å². The summed E-state index contributed by atoms with van der Waals surface area (Å²) in [5, 5.41) is 13.6. The molecule has 19 heavy (non-hydrogen) atoms. The maximum atomic E-state index is 4.28. The minimum absolute atomic E-state index is 1.05. The molecule has 1 heterocycles. The Bertz CT molecular complexity index is 355. The van der Waals surface area contributed by atoms with Gasteiger partial charge < -0.3 is 0 Å². The molecule has 0 aliphatic rings. The molecule has 0 unspecified atom stereocenters. The minimum atomic E-state index is 1.05. The molecule has 4 heteroatoms. The quantitative estimate of drug-likeness (QED) is 0.469. The third-order valence-corrected chi connectivity index (χ3v) is 4.29. The van der Waals surface area contributed by atoms with E-state index in [9.17, 15) is 0 Å². The SMILES string of the molecule is CCCCSc1nnnc(CCCC)c1CCCC. The third-order valence-electron chi connectivity index (χ3n) is 3.19. The molecule has 0 amide bonds. The van der Waals surface area contributed by atoms with Crippen LogP contribution in [0.4, 0.5) is 0 Å². The van der Waals surface area contributed by atoms with E-state index in [1.807, 2.05) is 11.8 Å². The van der Waals surface area contributed by atoms with Crippen molar-refractivity contribution in [2.75, 3.05) is 5.75 Å². The molecule has 0 saturated heterocycles. The monoisotopic (exact) mass is 281 g/mol. The van der Waals surface area contributed by atoms with Gasteiger partial charge in [-0.3, -0.25) is 0 Å². The molecule has 0 fully saturated rings. The van der Waals surface area contributed by atoms with Gasteiger partial charge in [-0.05, 0) is 43.1 Å². The first-order chi connectivity index (χ1) is 9.33. The van der Waals surface area contributed by atoms with Crippen molar-refractivity contribution in [2.45, 2.75) is 77.2 Å². The summed E-state index contributed by atoms with van der Waals surface area (Å²) in [6, 6.07) is 0. The van der Waals surface area contributed by atoms with Gasteiger partial charge in [-0.1, -0.05) is 40.0 Å². The molecule has 0 saturated carbocycles. The Morgan fingerprint density at radius 3 is 2.21 bits per heavy atom. The van der Waals surface area contributed by atoms with Crippen molar-refractivity contribution in [3.8, 4) is 0 Å². The third kappa shape index (κ3) is 5.89. The van der Waals surface area contributed by atoms with Crippen LogP contribution in [0.1, 0.15) is 70.6 Å². The summed E-state index contributed by atoms with van der Waals surface area (Å²) >= 11 is 1.86. The van der Waals surface area contributed by atoms with Crippen molar-refractivity contribution < 1.29 is 0 Å². The van der Waals surface area contributed by atoms with E-state index in [-0.39, 0.29) is 0 Å². The summed E-state index contributed by atoms with van der Waals surface area (Å²) in [5.41, 5.74) is 2.55. The summed E-state index contributed by atoms with van der Waals surface area (Å²) in [6.07, 6.45) is 9.46. The van der Waals surface area contributed by atoms with Crippen molar-refractivity contribution >= 4 is 11.8 Å². The molecule has 0 aromatic carbocycles. The Balaban J connectivity index is 2.79. The van der Waals surface area contributed by atoms with E-state index in [0.29, 0.717) is 0 Å². The van der Waals surface area contributed by atoms with Crippen molar-refractivity contribution in [1.29, 1.82) is 0 Å². The predicted octanol–water partition coefficient (Wildman–Crippen LogP) is 4.45. The number of rotatable bonds is 10. The number of unbranched alkanes of at least 4 members (excludes halogenated alkanes) is 3. The van der Waals surface area contributed by atoms with E-state index in [0.717, 1.165) is 23.6 Å². The Morgan fingerprint density at radius 1 is 0.842 bits per heavy atom. The maximum absolute atomic E-state index is 4.28. The summed E-state index contributed by atoms with van der Waals surface area (Å²) in [4.78, 5) is 0. The molecule has 1 rings (SSSR count). The lowest BCUT2D eigenvalue weighted by atomic mass is 10.1. The highest BCUT2D eigenvalue weighted by atomic mass is 32.2. The summed E-state index contributed by atoms with van der Waals surface area (Å²) < 4.78 is 0. The van der Waals surface area contributed by atoms with E-state index in [1.165, 1.54) is 49.8 Å². The molecule has 1 aromatic heterocycles. The molecule has 0 N–H and O–H groups in total. The second kappa shape index (κ2) is 10.2. The number of aryl methyl sites for hydroxylation is 1. The largest absolute Gasteiger partial charge is 0.135 e. The van der Waals surface area contributed by atoms with Crippen molar-refractivity contribution in [2.24, 2.45) is 0 Å². The first-order valence-electron chi connectivity index (χ1n) is 7.67. The van der Waals surface area contributed by atoms with Gasteiger partial charge in [0.05, 0.1) is 5.69 Å². The molecule has 1 aromatic rings. The molecule has 3 nitrogen and oxygen atoms in total. The Kier molecular flexibility index (Phi) is 8.80. The zero-order valence-corrected chi connectivity index (χ0v) is 13.4. The first-order valence-corrected chi connectivity index (χ1v) is 8.65. The van der Waals surface area contributed by atoms with E-state index in [2.05, 4.69) is 36.2 Å². The van der Waals surface area contributed by atoms with Crippen molar-refractivity contribution in [1.82, 2.24) is 15.4 Å². The first kappa shape index (κ1) is 16.4. The van der Waals surface area contributed by atoms with Crippen LogP contribution in [0.25, 0.3) is 0 Å².